The van der Waals surface area contributed by atoms with Gasteiger partial charge in [-0.15, -0.1) is 11.3 Å². The van der Waals surface area contributed by atoms with E-state index in [0.717, 1.165) is 48.2 Å². The van der Waals surface area contributed by atoms with E-state index in [2.05, 4.69) is 26.6 Å². The molecule has 0 aliphatic carbocycles. The molecule has 1 aromatic heterocycles. The fraction of sp³-hybridized carbons (Fsp3) is 0.333. The summed E-state index contributed by atoms with van der Waals surface area (Å²) in [5, 5.41) is 2.80. The van der Waals surface area contributed by atoms with Crippen molar-refractivity contribution in [3.8, 4) is 10.6 Å². The van der Waals surface area contributed by atoms with Crippen LogP contribution in [0.15, 0.2) is 57.6 Å². The van der Waals surface area contributed by atoms with E-state index in [9.17, 15) is 4.79 Å². The van der Waals surface area contributed by atoms with Crippen molar-refractivity contribution in [3.05, 3.63) is 53.2 Å². The van der Waals surface area contributed by atoms with Crippen LogP contribution in [-0.4, -0.2) is 66.5 Å². The predicted molar refractivity (Wildman–Crippen MR) is 116 cm³/mol. The molecule has 0 bridgehead atoms. The van der Waals surface area contributed by atoms with Crippen molar-refractivity contribution in [3.63, 3.8) is 0 Å². The van der Waals surface area contributed by atoms with Crippen LogP contribution in [0.4, 0.5) is 0 Å². The zero-order valence-electron chi connectivity index (χ0n) is 16.3. The van der Waals surface area contributed by atoms with Crippen LogP contribution < -0.4 is 0 Å². The molecule has 1 saturated heterocycles. The molecule has 2 heterocycles. The lowest BCUT2D eigenvalue weighted by atomic mass is 10.1. The third kappa shape index (κ3) is 4.54. The highest BCUT2D eigenvalue weighted by Gasteiger charge is 2.23. The number of allylic oxidation sites excluding steroid dienone is 1. The second-order valence-corrected chi connectivity index (χ2v) is 7.44. The van der Waals surface area contributed by atoms with E-state index in [1.54, 1.807) is 24.6 Å². The number of hydrogen-bond acceptors (Lipinski definition) is 5. The molecule has 1 aliphatic rings. The lowest BCUT2D eigenvalue weighted by molar-refractivity contribution is 0.0765. The van der Waals surface area contributed by atoms with E-state index in [1.165, 1.54) is 0 Å². The second-order valence-electron chi connectivity index (χ2n) is 6.54. The molecule has 2 aromatic rings. The van der Waals surface area contributed by atoms with Gasteiger partial charge in [0.25, 0.3) is 5.91 Å². The quantitative estimate of drug-likeness (QED) is 0.587. The molecule has 7 heteroatoms. The predicted octanol–water partition coefficient (Wildman–Crippen LogP) is 3.59. The SMILES string of the molecule is C=N/C(C)=C\C(=NC)N1CCCN(C(=O)c2ccccc2-c2nccs2)CC1. The summed E-state index contributed by atoms with van der Waals surface area (Å²) in [6.07, 6.45) is 4.59. The number of aliphatic imine (C=N–C) groups is 2. The van der Waals surface area contributed by atoms with Gasteiger partial charge in [0.2, 0.25) is 0 Å². The van der Waals surface area contributed by atoms with Gasteiger partial charge >= 0.3 is 0 Å². The molecule has 1 aliphatic heterocycles. The number of carbonyl (C=O) groups excluding carboxylic acids is 1. The van der Waals surface area contributed by atoms with E-state index in [4.69, 9.17) is 0 Å². The first-order chi connectivity index (χ1) is 13.6. The smallest absolute Gasteiger partial charge is 0.254 e. The number of amidine groups is 1. The molecule has 1 fully saturated rings. The highest BCUT2D eigenvalue weighted by molar-refractivity contribution is 7.13. The molecular weight excluding hydrogens is 370 g/mol. The summed E-state index contributed by atoms with van der Waals surface area (Å²) in [5.74, 6) is 0.935. The normalized spacial score (nSPS) is 16.1. The zero-order valence-corrected chi connectivity index (χ0v) is 17.2. The number of rotatable bonds is 4. The molecule has 0 radical (unpaired) electrons. The van der Waals surface area contributed by atoms with Gasteiger partial charge in [-0.1, -0.05) is 18.2 Å². The molecular formula is C21H25N5OS. The lowest BCUT2D eigenvalue weighted by Crippen LogP contribution is -2.37. The summed E-state index contributed by atoms with van der Waals surface area (Å²) < 4.78 is 0. The number of thiazole rings is 1. The summed E-state index contributed by atoms with van der Waals surface area (Å²) in [5.41, 5.74) is 2.44. The first-order valence-electron chi connectivity index (χ1n) is 9.29. The molecule has 1 aromatic carbocycles. The van der Waals surface area contributed by atoms with Gasteiger partial charge in [-0.05, 0) is 26.1 Å². The van der Waals surface area contributed by atoms with Gasteiger partial charge < -0.3 is 9.80 Å². The molecule has 0 atom stereocenters. The molecule has 6 nitrogen and oxygen atoms in total. The molecule has 0 N–H and O–H groups in total. The average Bonchev–Trinajstić information content (AvgIpc) is 3.16. The fourth-order valence-electron chi connectivity index (χ4n) is 3.26. The van der Waals surface area contributed by atoms with E-state index in [-0.39, 0.29) is 5.91 Å². The molecule has 146 valence electrons. The van der Waals surface area contributed by atoms with E-state index in [1.807, 2.05) is 47.5 Å². The largest absolute Gasteiger partial charge is 0.355 e. The van der Waals surface area contributed by atoms with E-state index in [0.29, 0.717) is 12.1 Å². The van der Waals surface area contributed by atoms with Gasteiger partial charge in [0, 0.05) is 67.7 Å². The molecule has 0 unspecified atom stereocenters. The molecule has 28 heavy (non-hydrogen) atoms. The Hall–Kier alpha value is -2.80. The van der Waals surface area contributed by atoms with Crippen molar-refractivity contribution in [2.75, 3.05) is 33.2 Å². The van der Waals surface area contributed by atoms with Gasteiger partial charge in [-0.3, -0.25) is 14.8 Å². The first kappa shape index (κ1) is 19.9. The lowest BCUT2D eigenvalue weighted by Gasteiger charge is -2.24. The summed E-state index contributed by atoms with van der Waals surface area (Å²) in [4.78, 5) is 30.1. The Morgan fingerprint density at radius 1 is 1.21 bits per heavy atom. The average molecular weight is 396 g/mol. The van der Waals surface area contributed by atoms with Gasteiger partial charge in [0.1, 0.15) is 10.8 Å². The zero-order chi connectivity index (χ0) is 19.9. The van der Waals surface area contributed by atoms with Gasteiger partial charge in [-0.25, -0.2) is 4.98 Å². The molecule has 3 rings (SSSR count). The van der Waals surface area contributed by atoms with Gasteiger partial charge in [-0.2, -0.15) is 0 Å². The van der Waals surface area contributed by atoms with Gasteiger partial charge in [0.05, 0.1) is 0 Å². The summed E-state index contributed by atoms with van der Waals surface area (Å²) in [7, 11) is 1.78. The third-order valence-corrected chi connectivity index (χ3v) is 5.55. The van der Waals surface area contributed by atoms with E-state index >= 15 is 0 Å². The number of aromatic nitrogens is 1. The monoisotopic (exact) mass is 395 g/mol. The number of nitrogens with zero attached hydrogens (tertiary/aromatic N) is 5. The third-order valence-electron chi connectivity index (χ3n) is 4.74. The maximum absolute atomic E-state index is 13.3. The molecule has 0 saturated carbocycles. The first-order valence-corrected chi connectivity index (χ1v) is 10.2. The second kappa shape index (κ2) is 9.41. The Labute approximate surface area is 170 Å². The van der Waals surface area contributed by atoms with Crippen LogP contribution in [0.2, 0.25) is 0 Å². The van der Waals surface area contributed by atoms with Crippen molar-refractivity contribution < 1.29 is 4.79 Å². The van der Waals surface area contributed by atoms with Crippen LogP contribution in [0, 0.1) is 0 Å². The van der Waals surface area contributed by atoms with Crippen molar-refractivity contribution in [1.29, 1.82) is 0 Å². The van der Waals surface area contributed by atoms with Crippen molar-refractivity contribution in [1.82, 2.24) is 14.8 Å². The van der Waals surface area contributed by atoms with Crippen LogP contribution in [0.5, 0.6) is 0 Å². The van der Waals surface area contributed by atoms with Crippen molar-refractivity contribution in [2.24, 2.45) is 9.98 Å². The number of hydrogen-bond donors (Lipinski definition) is 0. The topological polar surface area (TPSA) is 61.2 Å². The summed E-state index contributed by atoms with van der Waals surface area (Å²) >= 11 is 1.55. The van der Waals surface area contributed by atoms with Crippen LogP contribution >= 0.6 is 11.3 Å². The summed E-state index contributed by atoms with van der Waals surface area (Å²) in [6, 6.07) is 7.71. The van der Waals surface area contributed by atoms with E-state index < -0.39 is 0 Å². The minimum atomic E-state index is 0.0575. The van der Waals surface area contributed by atoms with Crippen LogP contribution in [0.25, 0.3) is 10.6 Å². The highest BCUT2D eigenvalue weighted by atomic mass is 32.1. The van der Waals surface area contributed by atoms with Crippen LogP contribution in [-0.2, 0) is 0 Å². The maximum Gasteiger partial charge on any atom is 0.254 e. The van der Waals surface area contributed by atoms with Crippen LogP contribution in [0.3, 0.4) is 0 Å². The maximum atomic E-state index is 13.3. The Bertz CT molecular complexity index is 888. The molecule has 1 amide bonds. The van der Waals surface area contributed by atoms with Crippen molar-refractivity contribution in [2.45, 2.75) is 13.3 Å². The number of benzene rings is 1. The minimum absolute atomic E-state index is 0.0575. The summed E-state index contributed by atoms with van der Waals surface area (Å²) in [6.45, 7) is 8.43. The van der Waals surface area contributed by atoms with Crippen LogP contribution in [0.1, 0.15) is 23.7 Å². The number of carbonyl (C=O) groups is 1. The highest BCUT2D eigenvalue weighted by Crippen LogP contribution is 2.26. The molecule has 0 spiro atoms. The van der Waals surface area contributed by atoms with Crippen molar-refractivity contribution >= 4 is 29.8 Å². The fourth-order valence-corrected chi connectivity index (χ4v) is 3.94. The Morgan fingerprint density at radius 3 is 2.68 bits per heavy atom. The standard InChI is InChI=1S/C21H25N5OS/c1-16(22-2)15-19(23-3)25-10-6-11-26(13-12-25)21(27)18-8-5-4-7-17(18)20-24-9-14-28-20/h4-5,7-9,14-15H,2,6,10-13H2,1,3H3/b16-15-,23-19?. The Kier molecular flexibility index (Phi) is 6.71. The Morgan fingerprint density at radius 2 is 1.96 bits per heavy atom. The minimum Gasteiger partial charge on any atom is -0.355 e. The Balaban J connectivity index is 1.76. The number of amides is 1. The van der Waals surface area contributed by atoms with Gasteiger partial charge in [0.15, 0.2) is 0 Å².